The number of esters is 1. The number of hydrogen-bond donors (Lipinski definition) is 1. The molecule has 0 bridgehead atoms. The molecule has 0 spiro atoms. The van der Waals surface area contributed by atoms with Gasteiger partial charge in [0, 0.05) is 0 Å². The van der Waals surface area contributed by atoms with E-state index in [1.807, 2.05) is 26.2 Å². The van der Waals surface area contributed by atoms with Crippen LogP contribution in [0, 0.1) is 0 Å². The second kappa shape index (κ2) is 3.77. The van der Waals surface area contributed by atoms with Crippen molar-refractivity contribution < 1.29 is 9.53 Å². The van der Waals surface area contributed by atoms with E-state index in [-0.39, 0.29) is 5.97 Å². The molecule has 0 amide bonds. The Hall–Kier alpha value is -1.03. The summed E-state index contributed by atoms with van der Waals surface area (Å²) in [4.78, 5) is 12.0. The number of nitrogen functional groups attached to an aromatic ring is 1. The van der Waals surface area contributed by atoms with Crippen LogP contribution in [0.4, 0.5) is 5.00 Å². The lowest BCUT2D eigenvalue weighted by atomic mass is 10.1. The van der Waals surface area contributed by atoms with Gasteiger partial charge < -0.3 is 10.5 Å². The number of carbonyl (C=O) groups is 1. The van der Waals surface area contributed by atoms with E-state index in [9.17, 15) is 4.79 Å². The molecule has 0 aromatic carbocycles. The van der Waals surface area contributed by atoms with Gasteiger partial charge in [-0.05, 0) is 50.5 Å². The van der Waals surface area contributed by atoms with Gasteiger partial charge in [-0.25, -0.2) is 4.79 Å². The fourth-order valence-electron chi connectivity index (χ4n) is 1.63. The highest BCUT2D eigenvalue weighted by Gasteiger charge is 2.32. The quantitative estimate of drug-likeness (QED) is 0.806. The summed E-state index contributed by atoms with van der Waals surface area (Å²) in [6.45, 7) is 5.60. The van der Waals surface area contributed by atoms with Crippen LogP contribution in [0.2, 0.25) is 0 Å². The van der Waals surface area contributed by atoms with Crippen LogP contribution in [0.1, 0.15) is 55.5 Å². The van der Waals surface area contributed by atoms with E-state index in [1.54, 1.807) is 0 Å². The summed E-state index contributed by atoms with van der Waals surface area (Å²) in [5.74, 6) is 0.240. The van der Waals surface area contributed by atoms with Crippen molar-refractivity contribution >= 4 is 22.3 Å². The van der Waals surface area contributed by atoms with Crippen molar-refractivity contribution in [2.24, 2.45) is 0 Å². The van der Waals surface area contributed by atoms with Crippen molar-refractivity contribution in [1.29, 1.82) is 0 Å². The average molecular weight is 239 g/mol. The first-order chi connectivity index (χ1) is 7.38. The molecule has 0 radical (unpaired) electrons. The molecular formula is C12H17NO2S. The van der Waals surface area contributed by atoms with Crippen LogP contribution in [-0.4, -0.2) is 11.6 Å². The third-order valence-corrected chi connectivity index (χ3v) is 3.30. The van der Waals surface area contributed by atoms with Crippen LogP contribution in [0.15, 0.2) is 5.38 Å². The minimum atomic E-state index is -0.466. The Morgan fingerprint density at radius 1 is 1.50 bits per heavy atom. The van der Waals surface area contributed by atoms with Gasteiger partial charge in [0.1, 0.15) is 10.6 Å². The van der Waals surface area contributed by atoms with Crippen molar-refractivity contribution in [1.82, 2.24) is 0 Å². The number of carbonyl (C=O) groups excluding carboxylic acids is 1. The number of thiophene rings is 1. The zero-order chi connectivity index (χ0) is 11.9. The fourth-order valence-corrected chi connectivity index (χ4v) is 2.51. The molecule has 1 fully saturated rings. The Kier molecular flexibility index (Phi) is 2.70. The van der Waals surface area contributed by atoms with Crippen molar-refractivity contribution in [3.63, 3.8) is 0 Å². The lowest BCUT2D eigenvalue weighted by Crippen LogP contribution is -2.24. The lowest BCUT2D eigenvalue weighted by Gasteiger charge is -2.19. The highest BCUT2D eigenvalue weighted by molar-refractivity contribution is 7.14. The zero-order valence-corrected chi connectivity index (χ0v) is 10.7. The Labute approximate surface area is 99.6 Å². The molecule has 0 atom stereocenters. The first-order valence-electron chi connectivity index (χ1n) is 5.48. The summed E-state index contributed by atoms with van der Waals surface area (Å²) in [5, 5.41) is 2.57. The molecule has 0 aliphatic heterocycles. The van der Waals surface area contributed by atoms with E-state index in [0.29, 0.717) is 16.5 Å². The van der Waals surface area contributed by atoms with Gasteiger partial charge in [-0.2, -0.15) is 0 Å². The number of ether oxygens (including phenoxy) is 1. The molecule has 0 unspecified atom stereocenters. The van der Waals surface area contributed by atoms with Gasteiger partial charge in [-0.15, -0.1) is 11.3 Å². The highest BCUT2D eigenvalue weighted by Crippen LogP contribution is 2.45. The maximum atomic E-state index is 12.0. The molecule has 2 rings (SSSR count). The first kappa shape index (κ1) is 11.5. The van der Waals surface area contributed by atoms with Gasteiger partial charge in [0.15, 0.2) is 0 Å². The average Bonchev–Trinajstić information content (AvgIpc) is 2.87. The van der Waals surface area contributed by atoms with Crippen LogP contribution in [0.3, 0.4) is 0 Å². The molecule has 1 heterocycles. The van der Waals surface area contributed by atoms with Crippen molar-refractivity contribution in [3.8, 4) is 0 Å². The zero-order valence-electron chi connectivity index (χ0n) is 9.87. The molecule has 16 heavy (non-hydrogen) atoms. The summed E-state index contributed by atoms with van der Waals surface area (Å²) in [5.41, 5.74) is 7.06. The van der Waals surface area contributed by atoms with E-state index in [1.165, 1.54) is 11.3 Å². The standard InChI is InChI=1S/C12H17NO2S/c1-12(2,3)15-11(14)9-8(7-4-5-7)6-16-10(9)13/h6-7H,4-5,13H2,1-3H3. The Morgan fingerprint density at radius 3 is 2.62 bits per heavy atom. The first-order valence-corrected chi connectivity index (χ1v) is 6.36. The fraction of sp³-hybridized carbons (Fsp3) is 0.583. The van der Waals surface area contributed by atoms with Gasteiger partial charge in [0.05, 0.1) is 5.56 Å². The van der Waals surface area contributed by atoms with Gasteiger partial charge in [-0.1, -0.05) is 0 Å². The van der Waals surface area contributed by atoms with Crippen LogP contribution in [0.25, 0.3) is 0 Å². The van der Waals surface area contributed by atoms with E-state index >= 15 is 0 Å². The summed E-state index contributed by atoms with van der Waals surface area (Å²) in [6, 6.07) is 0. The topological polar surface area (TPSA) is 52.3 Å². The summed E-state index contributed by atoms with van der Waals surface area (Å²) < 4.78 is 5.37. The van der Waals surface area contributed by atoms with Gasteiger partial charge in [0.2, 0.25) is 0 Å². The highest BCUT2D eigenvalue weighted by atomic mass is 32.1. The predicted octanol–water partition coefficient (Wildman–Crippen LogP) is 3.16. The predicted molar refractivity (Wildman–Crippen MR) is 65.9 cm³/mol. The maximum Gasteiger partial charge on any atom is 0.341 e. The van der Waals surface area contributed by atoms with E-state index in [4.69, 9.17) is 10.5 Å². The Balaban J connectivity index is 2.25. The van der Waals surface area contributed by atoms with Crippen LogP contribution >= 0.6 is 11.3 Å². The van der Waals surface area contributed by atoms with Gasteiger partial charge >= 0.3 is 5.97 Å². The second-order valence-corrected chi connectivity index (χ2v) is 6.12. The number of hydrogen-bond acceptors (Lipinski definition) is 4. The Bertz CT molecular complexity index is 413. The number of rotatable bonds is 2. The molecule has 2 N–H and O–H groups in total. The summed E-state index contributed by atoms with van der Waals surface area (Å²) >= 11 is 1.43. The van der Waals surface area contributed by atoms with Crippen molar-refractivity contribution in [3.05, 3.63) is 16.5 Å². The van der Waals surface area contributed by atoms with Crippen molar-refractivity contribution in [2.45, 2.75) is 45.1 Å². The molecule has 3 nitrogen and oxygen atoms in total. The van der Waals surface area contributed by atoms with Gasteiger partial charge in [0.25, 0.3) is 0 Å². The number of anilines is 1. The molecule has 1 saturated carbocycles. The third kappa shape index (κ3) is 2.38. The smallest absolute Gasteiger partial charge is 0.341 e. The molecule has 1 aliphatic rings. The SMILES string of the molecule is CC(C)(C)OC(=O)c1c(C2CC2)csc1N. The molecule has 1 aliphatic carbocycles. The van der Waals surface area contributed by atoms with Crippen LogP contribution < -0.4 is 5.73 Å². The van der Waals surface area contributed by atoms with Gasteiger partial charge in [-0.3, -0.25) is 0 Å². The van der Waals surface area contributed by atoms with Crippen LogP contribution in [0.5, 0.6) is 0 Å². The summed E-state index contributed by atoms with van der Waals surface area (Å²) in [6.07, 6.45) is 2.32. The second-order valence-electron chi connectivity index (χ2n) is 5.21. The minimum Gasteiger partial charge on any atom is -0.456 e. The molecule has 4 heteroatoms. The summed E-state index contributed by atoms with van der Waals surface area (Å²) in [7, 11) is 0. The monoisotopic (exact) mass is 239 g/mol. The van der Waals surface area contributed by atoms with E-state index < -0.39 is 5.60 Å². The molecule has 0 saturated heterocycles. The van der Waals surface area contributed by atoms with Crippen molar-refractivity contribution in [2.75, 3.05) is 5.73 Å². The minimum absolute atomic E-state index is 0.284. The molecular weight excluding hydrogens is 222 g/mol. The lowest BCUT2D eigenvalue weighted by molar-refractivity contribution is 0.00701. The largest absolute Gasteiger partial charge is 0.456 e. The van der Waals surface area contributed by atoms with E-state index in [2.05, 4.69) is 0 Å². The molecule has 1 aromatic rings. The molecule has 88 valence electrons. The number of nitrogens with two attached hydrogens (primary N) is 1. The normalized spacial score (nSPS) is 16.2. The third-order valence-electron chi connectivity index (χ3n) is 2.47. The molecule has 1 aromatic heterocycles. The van der Waals surface area contributed by atoms with E-state index in [0.717, 1.165) is 18.4 Å². The van der Waals surface area contributed by atoms with Crippen LogP contribution in [-0.2, 0) is 4.74 Å². The Morgan fingerprint density at radius 2 is 2.12 bits per heavy atom. The maximum absolute atomic E-state index is 12.0.